The minimum absolute atomic E-state index is 0.0481. The number of rotatable bonds is 7. The van der Waals surface area contributed by atoms with E-state index in [9.17, 15) is 13.2 Å². The molecule has 0 saturated heterocycles. The molecule has 0 fully saturated rings. The van der Waals surface area contributed by atoms with Gasteiger partial charge in [-0.3, -0.25) is 9.10 Å². The Hall–Kier alpha value is -2.54. The number of amides is 1. The number of nitrogens with zero attached hydrogens (tertiary/aromatic N) is 1. The molecule has 2 rings (SSSR count). The number of benzene rings is 2. The highest BCUT2D eigenvalue weighted by Crippen LogP contribution is 2.22. The van der Waals surface area contributed by atoms with Crippen LogP contribution < -0.4 is 14.4 Å². The van der Waals surface area contributed by atoms with Gasteiger partial charge in [0.25, 0.3) is 0 Å². The third kappa shape index (κ3) is 5.23. The first-order chi connectivity index (χ1) is 12.2. The van der Waals surface area contributed by atoms with Crippen molar-refractivity contribution in [3.63, 3.8) is 0 Å². The van der Waals surface area contributed by atoms with Crippen molar-refractivity contribution in [2.45, 2.75) is 20.3 Å². The van der Waals surface area contributed by atoms with Gasteiger partial charge in [-0.15, -0.1) is 0 Å². The van der Waals surface area contributed by atoms with Gasteiger partial charge in [-0.1, -0.05) is 12.1 Å². The van der Waals surface area contributed by atoms with Crippen LogP contribution in [-0.4, -0.2) is 34.2 Å². The van der Waals surface area contributed by atoms with Gasteiger partial charge in [-0.25, -0.2) is 8.42 Å². The van der Waals surface area contributed by atoms with Crippen LogP contribution in [0.1, 0.15) is 17.5 Å². The molecule has 140 valence electrons. The van der Waals surface area contributed by atoms with Crippen molar-refractivity contribution in [2.24, 2.45) is 0 Å². The topological polar surface area (TPSA) is 75.7 Å². The summed E-state index contributed by atoms with van der Waals surface area (Å²) in [5, 5.41) is 2.85. The lowest BCUT2D eigenvalue weighted by atomic mass is 10.1. The number of carbonyl (C=O) groups is 1. The monoisotopic (exact) mass is 376 g/mol. The van der Waals surface area contributed by atoms with E-state index in [0.29, 0.717) is 11.4 Å². The predicted molar refractivity (Wildman–Crippen MR) is 104 cm³/mol. The molecule has 0 spiro atoms. The van der Waals surface area contributed by atoms with Crippen LogP contribution in [0, 0.1) is 13.8 Å². The van der Waals surface area contributed by atoms with Crippen LogP contribution in [0.15, 0.2) is 42.5 Å². The maximum absolute atomic E-state index is 12.3. The molecule has 0 aliphatic heterocycles. The second-order valence-electron chi connectivity index (χ2n) is 6.15. The van der Waals surface area contributed by atoms with Gasteiger partial charge in [-0.2, -0.15) is 0 Å². The molecule has 0 aliphatic rings. The number of aryl methyl sites for hydroxylation is 2. The van der Waals surface area contributed by atoms with Crippen LogP contribution in [0.5, 0.6) is 5.75 Å². The molecular weight excluding hydrogens is 352 g/mol. The number of nitrogens with one attached hydrogen (secondary N) is 1. The number of anilines is 2. The summed E-state index contributed by atoms with van der Waals surface area (Å²) in [6, 6.07) is 12.5. The Morgan fingerprint density at radius 2 is 1.77 bits per heavy atom. The minimum Gasteiger partial charge on any atom is -0.497 e. The Morgan fingerprint density at radius 1 is 1.12 bits per heavy atom. The van der Waals surface area contributed by atoms with E-state index in [1.807, 2.05) is 32.0 Å². The normalized spacial score (nSPS) is 11.1. The third-order valence-corrected chi connectivity index (χ3v) is 5.16. The summed E-state index contributed by atoms with van der Waals surface area (Å²) >= 11 is 0. The van der Waals surface area contributed by atoms with Gasteiger partial charge < -0.3 is 10.1 Å². The maximum Gasteiger partial charge on any atom is 0.232 e. The van der Waals surface area contributed by atoms with Crippen molar-refractivity contribution >= 4 is 27.3 Å². The molecule has 0 atom stereocenters. The largest absolute Gasteiger partial charge is 0.497 e. The van der Waals surface area contributed by atoms with E-state index >= 15 is 0 Å². The van der Waals surface area contributed by atoms with E-state index in [4.69, 9.17) is 4.74 Å². The molecule has 2 aromatic carbocycles. The zero-order valence-electron chi connectivity index (χ0n) is 15.4. The Kier molecular flexibility index (Phi) is 6.26. The molecule has 0 saturated carbocycles. The highest BCUT2D eigenvalue weighted by Gasteiger charge is 2.19. The Labute approximate surface area is 154 Å². The third-order valence-electron chi connectivity index (χ3n) is 3.97. The standard InChI is InChI=1S/C19H24N2O4S/c1-14-5-6-15(2)18(13-14)20-19(22)11-12-21(26(4,23)24)16-7-9-17(25-3)10-8-16/h5-10,13H,11-12H2,1-4H3,(H,20,22). The molecule has 7 heteroatoms. The van der Waals surface area contributed by atoms with Gasteiger partial charge >= 0.3 is 0 Å². The quantitative estimate of drug-likeness (QED) is 0.806. The summed E-state index contributed by atoms with van der Waals surface area (Å²) in [6.45, 7) is 3.92. The number of hydrogen-bond acceptors (Lipinski definition) is 4. The molecule has 6 nitrogen and oxygen atoms in total. The van der Waals surface area contributed by atoms with E-state index < -0.39 is 10.0 Å². The lowest BCUT2D eigenvalue weighted by molar-refractivity contribution is -0.116. The summed E-state index contributed by atoms with van der Waals surface area (Å²) in [6.07, 6.45) is 1.17. The molecule has 2 aromatic rings. The van der Waals surface area contributed by atoms with Crippen molar-refractivity contribution < 1.29 is 17.9 Å². The van der Waals surface area contributed by atoms with Crippen LogP contribution in [-0.2, 0) is 14.8 Å². The first-order valence-corrected chi connectivity index (χ1v) is 10.0. The molecule has 0 heterocycles. The van der Waals surface area contributed by atoms with E-state index in [-0.39, 0.29) is 18.9 Å². The van der Waals surface area contributed by atoms with Crippen molar-refractivity contribution in [1.82, 2.24) is 0 Å². The molecule has 1 N–H and O–H groups in total. The summed E-state index contributed by atoms with van der Waals surface area (Å²) in [5.41, 5.74) is 3.24. The zero-order chi connectivity index (χ0) is 19.3. The average Bonchev–Trinajstić information content (AvgIpc) is 2.57. The molecule has 0 radical (unpaired) electrons. The van der Waals surface area contributed by atoms with Gasteiger partial charge in [0.15, 0.2) is 0 Å². The summed E-state index contributed by atoms with van der Waals surface area (Å²) in [4.78, 5) is 12.3. The lowest BCUT2D eigenvalue weighted by Crippen LogP contribution is -2.33. The number of ether oxygens (including phenoxy) is 1. The Bertz CT molecular complexity index is 877. The van der Waals surface area contributed by atoms with E-state index in [1.165, 1.54) is 4.31 Å². The van der Waals surface area contributed by atoms with Gasteiger partial charge in [0.1, 0.15) is 5.75 Å². The molecular formula is C19H24N2O4S. The Morgan fingerprint density at radius 3 is 2.35 bits per heavy atom. The first-order valence-electron chi connectivity index (χ1n) is 8.19. The van der Waals surface area contributed by atoms with Crippen molar-refractivity contribution in [1.29, 1.82) is 0 Å². The van der Waals surface area contributed by atoms with Crippen LogP contribution >= 0.6 is 0 Å². The highest BCUT2D eigenvalue weighted by molar-refractivity contribution is 7.92. The number of carbonyl (C=O) groups excluding carboxylic acids is 1. The number of methoxy groups -OCH3 is 1. The van der Waals surface area contributed by atoms with Crippen LogP contribution in [0.4, 0.5) is 11.4 Å². The van der Waals surface area contributed by atoms with Crippen LogP contribution in [0.3, 0.4) is 0 Å². The lowest BCUT2D eigenvalue weighted by Gasteiger charge is -2.22. The number of sulfonamides is 1. The first kappa shape index (κ1) is 19.8. The molecule has 0 bridgehead atoms. The second-order valence-corrected chi connectivity index (χ2v) is 8.06. The fourth-order valence-corrected chi connectivity index (χ4v) is 3.45. The van der Waals surface area contributed by atoms with Crippen LogP contribution in [0.25, 0.3) is 0 Å². The van der Waals surface area contributed by atoms with Crippen LogP contribution in [0.2, 0.25) is 0 Å². The van der Waals surface area contributed by atoms with Gasteiger partial charge in [0, 0.05) is 18.7 Å². The average molecular weight is 376 g/mol. The Balaban J connectivity index is 2.09. The molecule has 1 amide bonds. The summed E-state index contributed by atoms with van der Waals surface area (Å²) in [5.74, 6) is 0.399. The second kappa shape index (κ2) is 8.23. The van der Waals surface area contributed by atoms with Crippen molar-refractivity contribution in [2.75, 3.05) is 29.5 Å². The van der Waals surface area contributed by atoms with E-state index in [1.54, 1.807) is 31.4 Å². The smallest absolute Gasteiger partial charge is 0.232 e. The van der Waals surface area contributed by atoms with Gasteiger partial charge in [0.05, 0.1) is 19.1 Å². The molecule has 0 aromatic heterocycles. The van der Waals surface area contributed by atoms with Crippen molar-refractivity contribution in [3.8, 4) is 5.75 Å². The van der Waals surface area contributed by atoms with Gasteiger partial charge in [-0.05, 0) is 55.3 Å². The molecule has 0 unspecified atom stereocenters. The number of hydrogen-bond donors (Lipinski definition) is 1. The summed E-state index contributed by atoms with van der Waals surface area (Å²) < 4.78 is 30.5. The zero-order valence-corrected chi connectivity index (χ0v) is 16.3. The minimum atomic E-state index is -3.51. The maximum atomic E-state index is 12.3. The molecule has 0 aliphatic carbocycles. The fourth-order valence-electron chi connectivity index (χ4n) is 2.52. The fraction of sp³-hybridized carbons (Fsp3) is 0.316. The summed E-state index contributed by atoms with van der Waals surface area (Å²) in [7, 11) is -1.97. The van der Waals surface area contributed by atoms with E-state index in [0.717, 1.165) is 23.1 Å². The van der Waals surface area contributed by atoms with Gasteiger partial charge in [0.2, 0.25) is 15.9 Å². The van der Waals surface area contributed by atoms with Crippen molar-refractivity contribution in [3.05, 3.63) is 53.6 Å². The SMILES string of the molecule is COc1ccc(N(CCC(=O)Nc2cc(C)ccc2C)S(C)(=O)=O)cc1. The predicted octanol–water partition coefficient (Wildman–Crippen LogP) is 3.11. The highest BCUT2D eigenvalue weighted by atomic mass is 32.2. The van der Waals surface area contributed by atoms with E-state index in [2.05, 4.69) is 5.32 Å². The molecule has 26 heavy (non-hydrogen) atoms.